The van der Waals surface area contributed by atoms with Crippen molar-refractivity contribution >= 4 is 19.2 Å². The largest absolute Gasteiger partial charge is 0.337 e. The van der Waals surface area contributed by atoms with Crippen molar-refractivity contribution < 1.29 is 23.1 Å². The van der Waals surface area contributed by atoms with Crippen LogP contribution in [0.4, 0.5) is 4.39 Å². The van der Waals surface area contributed by atoms with Crippen molar-refractivity contribution in [2.24, 2.45) is 16.1 Å². The summed E-state index contributed by atoms with van der Waals surface area (Å²) in [4.78, 5) is 26.4. The quantitative estimate of drug-likeness (QED) is 0.641. The molecule has 1 aromatic carbocycles. The molecule has 1 atom stereocenters. The van der Waals surface area contributed by atoms with Crippen LogP contribution < -0.4 is 0 Å². The number of halogens is 1. The third-order valence-electron chi connectivity index (χ3n) is 5.60. The van der Waals surface area contributed by atoms with Gasteiger partial charge in [-0.1, -0.05) is 30.4 Å². The molecule has 0 N–H and O–H groups in total. The Labute approximate surface area is 179 Å². The number of carbonyl (C=O) groups excluding carboxylic acids is 2. The zero-order valence-electron chi connectivity index (χ0n) is 17.2. The van der Waals surface area contributed by atoms with Crippen molar-refractivity contribution in [1.29, 1.82) is 0 Å². The fourth-order valence-electron chi connectivity index (χ4n) is 3.95. The summed E-state index contributed by atoms with van der Waals surface area (Å²) >= 11 is 0. The maximum atomic E-state index is 14.5. The normalized spacial score (nSPS) is 22.1. The Balaban J connectivity index is 1.53. The van der Waals surface area contributed by atoms with Crippen molar-refractivity contribution in [3.8, 4) is 0 Å². The van der Waals surface area contributed by atoms with Crippen LogP contribution in [0, 0.1) is 11.7 Å². The van der Waals surface area contributed by atoms with Crippen molar-refractivity contribution in [2.75, 3.05) is 32.0 Å². The summed E-state index contributed by atoms with van der Waals surface area (Å²) in [5.41, 5.74) is 2.04. The lowest BCUT2D eigenvalue weighted by Crippen LogP contribution is -2.40. The number of carbonyl (C=O) groups is 2. The minimum Gasteiger partial charge on any atom is -0.337 e. The second-order valence-electron chi connectivity index (χ2n) is 7.62. The van der Waals surface area contributed by atoms with Gasteiger partial charge in [-0.15, -0.1) is 5.11 Å². The molecule has 0 bridgehead atoms. The van der Waals surface area contributed by atoms with Gasteiger partial charge in [-0.05, 0) is 30.2 Å². The molecule has 1 saturated heterocycles. The third kappa shape index (κ3) is 4.50. The fourth-order valence-corrected chi connectivity index (χ4v) is 5.99. The van der Waals surface area contributed by atoms with Gasteiger partial charge < -0.3 is 9.42 Å². The standard InChI is InChI=1S/C22H23FN3O4P/c1-2-30-31(29)11-9-26(10-12-31)22(28)18-13-15(7-8-19(18)23)14-20-16-5-3-4-6-17(16)21(27)25-24-20/h3-8,13,17H,2,9-12,14H2,1H3. The minimum absolute atomic E-state index is 0.0318. The molecular formula is C22H23FN3O4P. The summed E-state index contributed by atoms with van der Waals surface area (Å²) in [6.07, 6.45) is 8.10. The van der Waals surface area contributed by atoms with Crippen molar-refractivity contribution in [2.45, 2.75) is 13.3 Å². The van der Waals surface area contributed by atoms with Gasteiger partial charge in [0.1, 0.15) is 5.82 Å². The molecule has 162 valence electrons. The van der Waals surface area contributed by atoms with Gasteiger partial charge in [0.25, 0.3) is 11.8 Å². The monoisotopic (exact) mass is 443 g/mol. The molecule has 3 aliphatic rings. The van der Waals surface area contributed by atoms with Crippen LogP contribution in [0.25, 0.3) is 0 Å². The molecule has 2 heterocycles. The van der Waals surface area contributed by atoms with Crippen LogP contribution >= 0.6 is 7.37 Å². The molecule has 0 saturated carbocycles. The summed E-state index contributed by atoms with van der Waals surface area (Å²) in [6, 6.07) is 4.38. The van der Waals surface area contributed by atoms with Crippen LogP contribution in [-0.4, -0.2) is 48.7 Å². The molecular weight excluding hydrogens is 420 g/mol. The zero-order chi connectivity index (χ0) is 22.0. The van der Waals surface area contributed by atoms with E-state index in [4.69, 9.17) is 4.52 Å². The number of amides is 2. The lowest BCUT2D eigenvalue weighted by Gasteiger charge is -2.32. The topological polar surface area (TPSA) is 88.4 Å². The van der Waals surface area contributed by atoms with Crippen LogP contribution in [-0.2, 0) is 20.3 Å². The molecule has 0 aromatic heterocycles. The van der Waals surface area contributed by atoms with E-state index in [-0.39, 0.29) is 36.9 Å². The van der Waals surface area contributed by atoms with E-state index in [1.807, 2.05) is 12.2 Å². The molecule has 1 fully saturated rings. The average Bonchev–Trinajstić information content (AvgIpc) is 2.77. The van der Waals surface area contributed by atoms with Crippen LogP contribution in [0.1, 0.15) is 22.8 Å². The summed E-state index contributed by atoms with van der Waals surface area (Å²) in [6.45, 7) is 2.70. The average molecular weight is 443 g/mol. The SMILES string of the molecule is CCOP1(=O)CCN(C(=O)c2cc(CC3=C4C=CC=CC4C(=O)N=N3)ccc2F)CC1. The summed E-state index contributed by atoms with van der Waals surface area (Å²) < 4.78 is 32.4. The van der Waals surface area contributed by atoms with Gasteiger partial charge in [0.05, 0.1) is 23.8 Å². The highest BCUT2D eigenvalue weighted by Gasteiger charge is 2.33. The smallest absolute Gasteiger partial charge is 0.275 e. The maximum absolute atomic E-state index is 14.5. The van der Waals surface area contributed by atoms with Crippen LogP contribution in [0.5, 0.6) is 0 Å². The van der Waals surface area contributed by atoms with Crippen LogP contribution in [0.2, 0.25) is 0 Å². The Bertz CT molecular complexity index is 1080. The molecule has 1 aromatic rings. The Hall–Kier alpha value is -2.70. The van der Waals surface area contributed by atoms with Gasteiger partial charge in [-0.3, -0.25) is 14.2 Å². The van der Waals surface area contributed by atoms with E-state index in [0.717, 1.165) is 5.57 Å². The highest BCUT2D eigenvalue weighted by molar-refractivity contribution is 7.59. The summed E-state index contributed by atoms with van der Waals surface area (Å²) in [5, 5.41) is 7.77. The van der Waals surface area contributed by atoms with Crippen LogP contribution in [0.3, 0.4) is 0 Å². The number of benzene rings is 1. The zero-order valence-corrected chi connectivity index (χ0v) is 18.1. The van der Waals surface area contributed by atoms with Gasteiger partial charge in [-0.2, -0.15) is 5.11 Å². The van der Waals surface area contributed by atoms with E-state index in [9.17, 15) is 18.5 Å². The summed E-state index contributed by atoms with van der Waals surface area (Å²) in [7, 11) is -2.70. The number of fused-ring (bicyclic) bond motifs is 1. The Morgan fingerprint density at radius 1 is 1.26 bits per heavy atom. The first kappa shape index (κ1) is 21.5. The van der Waals surface area contributed by atoms with Crippen molar-refractivity contribution in [1.82, 2.24) is 4.90 Å². The Morgan fingerprint density at radius 2 is 2.03 bits per heavy atom. The van der Waals surface area contributed by atoms with Gasteiger partial charge in [-0.25, -0.2) is 4.39 Å². The molecule has 4 rings (SSSR count). The molecule has 31 heavy (non-hydrogen) atoms. The number of rotatable bonds is 5. The van der Waals surface area contributed by atoms with E-state index in [0.29, 0.717) is 24.3 Å². The molecule has 1 aliphatic carbocycles. The second kappa shape index (κ2) is 8.81. The van der Waals surface area contributed by atoms with E-state index in [1.165, 1.54) is 17.0 Å². The molecule has 7 nitrogen and oxygen atoms in total. The highest BCUT2D eigenvalue weighted by Crippen LogP contribution is 2.48. The van der Waals surface area contributed by atoms with Gasteiger partial charge in [0, 0.05) is 31.8 Å². The maximum Gasteiger partial charge on any atom is 0.275 e. The van der Waals surface area contributed by atoms with Crippen LogP contribution in [0.15, 0.2) is 64.0 Å². The minimum atomic E-state index is -2.70. The molecule has 2 amide bonds. The Kier molecular flexibility index (Phi) is 6.12. The van der Waals surface area contributed by atoms with Gasteiger partial charge in [0.15, 0.2) is 0 Å². The van der Waals surface area contributed by atoms with E-state index in [2.05, 4.69) is 10.2 Å². The highest BCUT2D eigenvalue weighted by atomic mass is 31.2. The lowest BCUT2D eigenvalue weighted by molar-refractivity contribution is -0.120. The fraction of sp³-hybridized carbons (Fsp3) is 0.364. The first-order valence-electron chi connectivity index (χ1n) is 10.2. The molecule has 2 aliphatic heterocycles. The molecule has 1 unspecified atom stereocenters. The first-order chi connectivity index (χ1) is 14.9. The van der Waals surface area contributed by atoms with Gasteiger partial charge in [0.2, 0.25) is 7.37 Å². The second-order valence-corrected chi connectivity index (χ2v) is 10.4. The number of azo groups is 1. The number of nitrogens with zero attached hydrogens (tertiary/aromatic N) is 3. The first-order valence-corrected chi connectivity index (χ1v) is 12.2. The predicted octanol–water partition coefficient (Wildman–Crippen LogP) is 4.13. The van der Waals surface area contributed by atoms with E-state index >= 15 is 0 Å². The summed E-state index contributed by atoms with van der Waals surface area (Å²) in [5.74, 6) is -1.81. The number of hydrogen-bond donors (Lipinski definition) is 0. The predicted molar refractivity (Wildman–Crippen MR) is 114 cm³/mol. The molecule has 0 spiro atoms. The van der Waals surface area contributed by atoms with Crippen molar-refractivity contribution in [3.63, 3.8) is 0 Å². The van der Waals surface area contributed by atoms with Gasteiger partial charge >= 0.3 is 0 Å². The third-order valence-corrected chi connectivity index (χ3v) is 8.09. The lowest BCUT2D eigenvalue weighted by atomic mass is 9.89. The Morgan fingerprint density at radius 3 is 2.77 bits per heavy atom. The number of hydrogen-bond acceptors (Lipinski definition) is 5. The van der Waals surface area contributed by atoms with Crippen molar-refractivity contribution in [3.05, 3.63) is 70.7 Å². The molecule has 9 heteroatoms. The van der Waals surface area contributed by atoms with E-state index < -0.39 is 25.0 Å². The number of allylic oxidation sites excluding steroid dienone is 4. The molecule has 0 radical (unpaired) electrons. The van der Waals surface area contributed by atoms with E-state index in [1.54, 1.807) is 25.1 Å².